The van der Waals surface area contributed by atoms with Gasteiger partial charge in [-0.3, -0.25) is 10.1 Å². The standard InChI is InChI=1S/C12H13BrN2O5/c1-14-12(18)15-10(16)6-20-11(17)7-19-9-4-2-8(13)3-5-9/h2-5H,6-7H2,1H3,(H2,14,15,16,18). The van der Waals surface area contributed by atoms with E-state index in [1.807, 2.05) is 5.32 Å². The quantitative estimate of drug-likeness (QED) is 0.771. The largest absolute Gasteiger partial charge is 0.482 e. The number of carbonyl (C=O) groups excluding carboxylic acids is 3. The highest BCUT2D eigenvalue weighted by Crippen LogP contribution is 2.15. The highest BCUT2D eigenvalue weighted by molar-refractivity contribution is 9.10. The molecule has 8 heteroatoms. The van der Waals surface area contributed by atoms with Crippen molar-refractivity contribution in [3.8, 4) is 5.75 Å². The second kappa shape index (κ2) is 8.16. The Morgan fingerprint density at radius 3 is 2.40 bits per heavy atom. The molecule has 1 rings (SSSR count). The number of hydrogen-bond acceptors (Lipinski definition) is 5. The Morgan fingerprint density at radius 2 is 1.80 bits per heavy atom. The molecular formula is C12H13BrN2O5. The van der Waals surface area contributed by atoms with Crippen molar-refractivity contribution in [2.24, 2.45) is 0 Å². The van der Waals surface area contributed by atoms with Crippen molar-refractivity contribution in [3.63, 3.8) is 0 Å². The van der Waals surface area contributed by atoms with Gasteiger partial charge >= 0.3 is 12.0 Å². The Hall–Kier alpha value is -2.09. The van der Waals surface area contributed by atoms with Gasteiger partial charge in [-0.05, 0) is 24.3 Å². The molecule has 0 aromatic heterocycles. The van der Waals surface area contributed by atoms with Gasteiger partial charge in [-0.2, -0.15) is 0 Å². The van der Waals surface area contributed by atoms with E-state index in [1.165, 1.54) is 7.05 Å². The van der Waals surface area contributed by atoms with E-state index in [0.717, 1.165) is 4.47 Å². The molecule has 0 saturated heterocycles. The maximum atomic E-state index is 11.3. The van der Waals surface area contributed by atoms with Crippen molar-refractivity contribution in [3.05, 3.63) is 28.7 Å². The third-order valence-corrected chi connectivity index (χ3v) is 2.54. The molecule has 20 heavy (non-hydrogen) atoms. The van der Waals surface area contributed by atoms with Crippen LogP contribution < -0.4 is 15.4 Å². The molecule has 1 aromatic rings. The van der Waals surface area contributed by atoms with Crippen molar-refractivity contribution >= 4 is 33.8 Å². The molecule has 1 aromatic carbocycles. The summed E-state index contributed by atoms with van der Waals surface area (Å²) in [5.41, 5.74) is 0. The van der Waals surface area contributed by atoms with Crippen LogP contribution >= 0.6 is 15.9 Å². The second-order valence-corrected chi connectivity index (χ2v) is 4.45. The first-order valence-corrected chi connectivity index (χ1v) is 6.36. The van der Waals surface area contributed by atoms with E-state index < -0.39 is 24.5 Å². The number of ether oxygens (including phenoxy) is 2. The normalized spacial score (nSPS) is 9.50. The molecule has 0 fully saturated rings. The first kappa shape index (κ1) is 16.0. The van der Waals surface area contributed by atoms with Crippen molar-refractivity contribution in [1.29, 1.82) is 0 Å². The summed E-state index contributed by atoms with van der Waals surface area (Å²) in [6.45, 7) is -0.870. The van der Waals surface area contributed by atoms with E-state index in [4.69, 9.17) is 4.74 Å². The Kier molecular flexibility index (Phi) is 6.51. The van der Waals surface area contributed by atoms with Crippen LogP contribution in [0.15, 0.2) is 28.7 Å². The molecule has 0 saturated carbocycles. The van der Waals surface area contributed by atoms with Gasteiger partial charge in [-0.1, -0.05) is 15.9 Å². The minimum absolute atomic E-state index is 0.325. The third kappa shape index (κ3) is 6.19. The van der Waals surface area contributed by atoms with Crippen LogP contribution in [0.2, 0.25) is 0 Å². The summed E-state index contributed by atoms with van der Waals surface area (Å²) in [7, 11) is 1.36. The summed E-state index contributed by atoms with van der Waals surface area (Å²) in [4.78, 5) is 33.2. The van der Waals surface area contributed by atoms with Gasteiger partial charge in [-0.15, -0.1) is 0 Å². The number of imide groups is 1. The van der Waals surface area contributed by atoms with Gasteiger partial charge in [0.2, 0.25) is 0 Å². The van der Waals surface area contributed by atoms with E-state index in [9.17, 15) is 14.4 Å². The maximum Gasteiger partial charge on any atom is 0.344 e. The molecule has 0 bridgehead atoms. The van der Waals surface area contributed by atoms with Crippen LogP contribution in [0.3, 0.4) is 0 Å². The number of amides is 3. The number of halogens is 1. The number of nitrogens with one attached hydrogen (secondary N) is 2. The predicted octanol–water partition coefficient (Wildman–Crippen LogP) is 0.827. The van der Waals surface area contributed by atoms with E-state index >= 15 is 0 Å². The lowest BCUT2D eigenvalue weighted by Gasteiger charge is -2.07. The average molecular weight is 345 g/mol. The van der Waals surface area contributed by atoms with Crippen molar-refractivity contribution in [2.45, 2.75) is 0 Å². The molecule has 0 radical (unpaired) electrons. The summed E-state index contributed by atoms with van der Waals surface area (Å²) in [6.07, 6.45) is 0. The van der Waals surface area contributed by atoms with E-state index in [-0.39, 0.29) is 6.61 Å². The molecule has 7 nitrogen and oxygen atoms in total. The zero-order valence-electron chi connectivity index (χ0n) is 10.6. The number of hydrogen-bond donors (Lipinski definition) is 2. The van der Waals surface area contributed by atoms with Gasteiger partial charge in [0.05, 0.1) is 0 Å². The monoisotopic (exact) mass is 344 g/mol. The van der Waals surface area contributed by atoms with E-state index in [2.05, 4.69) is 26.0 Å². The smallest absolute Gasteiger partial charge is 0.344 e. The highest BCUT2D eigenvalue weighted by atomic mass is 79.9. The zero-order chi connectivity index (χ0) is 15.0. The van der Waals surface area contributed by atoms with Gasteiger partial charge in [0.1, 0.15) is 5.75 Å². The van der Waals surface area contributed by atoms with Crippen LogP contribution in [-0.2, 0) is 14.3 Å². The van der Waals surface area contributed by atoms with Crippen LogP contribution in [0.5, 0.6) is 5.75 Å². The average Bonchev–Trinajstić information content (AvgIpc) is 2.44. The first-order valence-electron chi connectivity index (χ1n) is 5.57. The van der Waals surface area contributed by atoms with Crippen LogP contribution in [0.25, 0.3) is 0 Å². The molecular weight excluding hydrogens is 332 g/mol. The van der Waals surface area contributed by atoms with Crippen LogP contribution in [0.1, 0.15) is 0 Å². The molecule has 0 aliphatic carbocycles. The van der Waals surface area contributed by atoms with Crippen LogP contribution in [-0.4, -0.2) is 38.2 Å². The summed E-state index contributed by atoms with van der Waals surface area (Å²) >= 11 is 3.27. The third-order valence-electron chi connectivity index (χ3n) is 2.01. The first-order chi connectivity index (χ1) is 9.51. The second-order valence-electron chi connectivity index (χ2n) is 3.53. The van der Waals surface area contributed by atoms with Crippen molar-refractivity contribution in [2.75, 3.05) is 20.3 Å². The predicted molar refractivity (Wildman–Crippen MR) is 73.2 cm³/mol. The summed E-state index contributed by atoms with van der Waals surface area (Å²) in [6, 6.07) is 6.21. The number of benzene rings is 1. The summed E-state index contributed by atoms with van der Waals surface area (Å²) in [5, 5.41) is 4.15. The fourth-order valence-corrected chi connectivity index (χ4v) is 1.35. The molecule has 0 spiro atoms. The number of esters is 1. The minimum Gasteiger partial charge on any atom is -0.482 e. The minimum atomic E-state index is -0.721. The molecule has 3 amide bonds. The van der Waals surface area contributed by atoms with E-state index in [1.54, 1.807) is 24.3 Å². The van der Waals surface area contributed by atoms with Crippen LogP contribution in [0.4, 0.5) is 4.79 Å². The number of carbonyl (C=O) groups is 3. The zero-order valence-corrected chi connectivity index (χ0v) is 12.2. The Bertz CT molecular complexity index is 489. The molecule has 0 aliphatic heterocycles. The summed E-state index contributed by atoms with van der Waals surface area (Å²) < 4.78 is 10.7. The van der Waals surface area contributed by atoms with Crippen molar-refractivity contribution < 1.29 is 23.9 Å². The van der Waals surface area contributed by atoms with Gasteiger partial charge in [0.15, 0.2) is 13.2 Å². The van der Waals surface area contributed by atoms with Gasteiger partial charge in [0.25, 0.3) is 5.91 Å². The molecule has 0 atom stereocenters. The van der Waals surface area contributed by atoms with Gasteiger partial charge < -0.3 is 14.8 Å². The maximum absolute atomic E-state index is 11.3. The van der Waals surface area contributed by atoms with Gasteiger partial charge in [0, 0.05) is 11.5 Å². The number of urea groups is 1. The number of rotatable bonds is 5. The Labute approximate surface area is 123 Å². The fraction of sp³-hybridized carbons (Fsp3) is 0.250. The van der Waals surface area contributed by atoms with E-state index in [0.29, 0.717) is 5.75 Å². The lowest BCUT2D eigenvalue weighted by molar-refractivity contribution is -0.150. The fourth-order valence-electron chi connectivity index (χ4n) is 1.09. The molecule has 0 heterocycles. The molecule has 2 N–H and O–H groups in total. The summed E-state index contributed by atoms with van der Waals surface area (Å²) in [5.74, 6) is -0.929. The molecule has 108 valence electrons. The van der Waals surface area contributed by atoms with Crippen molar-refractivity contribution in [1.82, 2.24) is 10.6 Å². The lowest BCUT2D eigenvalue weighted by Crippen LogP contribution is -2.40. The molecule has 0 unspecified atom stereocenters. The topological polar surface area (TPSA) is 93.7 Å². The Morgan fingerprint density at radius 1 is 1.15 bits per heavy atom. The van der Waals surface area contributed by atoms with Gasteiger partial charge in [-0.25, -0.2) is 9.59 Å². The lowest BCUT2D eigenvalue weighted by atomic mass is 10.3. The SMILES string of the molecule is CNC(=O)NC(=O)COC(=O)COc1ccc(Br)cc1. The van der Waals surface area contributed by atoms with Crippen LogP contribution in [0, 0.1) is 0 Å². The Balaban J connectivity index is 2.25. The highest BCUT2D eigenvalue weighted by Gasteiger charge is 2.10. The molecule has 0 aliphatic rings.